The third-order valence-electron chi connectivity index (χ3n) is 8.30. The number of ether oxygens (including phenoxy) is 1. The first-order valence-electron chi connectivity index (χ1n) is 14.4. The highest BCUT2D eigenvalue weighted by Crippen LogP contribution is 2.41. The van der Waals surface area contributed by atoms with Crippen LogP contribution < -0.4 is 9.62 Å². The Kier molecular flexibility index (Phi) is 7.82. The van der Waals surface area contributed by atoms with Gasteiger partial charge in [0, 0.05) is 56.2 Å². The van der Waals surface area contributed by atoms with Gasteiger partial charge in [-0.1, -0.05) is 13.8 Å². The molecule has 3 aromatic rings. The van der Waals surface area contributed by atoms with Crippen molar-refractivity contribution in [1.82, 2.24) is 19.6 Å². The zero-order chi connectivity index (χ0) is 27.9. The molecular formula is C29H37N5O4S2. The molecule has 2 aliphatic heterocycles. The number of piperazine rings is 1. The van der Waals surface area contributed by atoms with Gasteiger partial charge in [-0.3, -0.25) is 4.79 Å². The molecule has 1 aliphatic carbocycles. The van der Waals surface area contributed by atoms with Crippen LogP contribution in [0, 0.1) is 5.92 Å². The molecule has 0 unspecified atom stereocenters. The number of carbonyl (C=O) groups excluding carboxylic acids is 1. The quantitative estimate of drug-likeness (QED) is 0.451. The van der Waals surface area contributed by atoms with Crippen LogP contribution >= 0.6 is 11.3 Å². The predicted octanol–water partition coefficient (Wildman–Crippen LogP) is 3.80. The van der Waals surface area contributed by atoms with Crippen LogP contribution in [0.5, 0.6) is 0 Å². The number of sulfonamides is 1. The smallest absolute Gasteiger partial charge is 0.253 e. The first-order valence-corrected chi connectivity index (χ1v) is 16.7. The molecule has 0 bridgehead atoms. The molecule has 2 saturated heterocycles. The second kappa shape index (κ2) is 11.3. The number of benzene rings is 1. The van der Waals surface area contributed by atoms with Crippen molar-refractivity contribution < 1.29 is 17.9 Å². The monoisotopic (exact) mass is 583 g/mol. The Bertz CT molecular complexity index is 1490. The number of aryl methyl sites for hydroxylation is 2. The van der Waals surface area contributed by atoms with Gasteiger partial charge in [-0.25, -0.2) is 23.1 Å². The summed E-state index contributed by atoms with van der Waals surface area (Å²) in [4.78, 5) is 30.0. The first kappa shape index (κ1) is 27.6. The number of aromatic nitrogens is 2. The van der Waals surface area contributed by atoms with E-state index in [2.05, 4.69) is 23.5 Å². The standard InChI is InChI=1S/C29H37N5O4S2/c1-3-25-31-27(26-23-11-6-19(2)17-24(23)39-28(26)32-25)33-12-14-34(15-13-33)29(35)20-7-9-22(10-8-20)40(36,37)30-18-21-5-4-16-38-21/h7-10,19,21,30H,3-6,11-18H2,1-2H3/t19-,21+/m0/s1. The van der Waals surface area contributed by atoms with Gasteiger partial charge in [-0.05, 0) is 67.9 Å². The Balaban J connectivity index is 1.13. The first-order chi connectivity index (χ1) is 19.3. The Morgan fingerprint density at radius 1 is 1.12 bits per heavy atom. The zero-order valence-corrected chi connectivity index (χ0v) is 24.8. The number of amides is 1. The molecule has 0 spiro atoms. The van der Waals surface area contributed by atoms with E-state index >= 15 is 0 Å². The van der Waals surface area contributed by atoms with Gasteiger partial charge in [-0.15, -0.1) is 11.3 Å². The summed E-state index contributed by atoms with van der Waals surface area (Å²) in [5, 5.41) is 1.22. The maximum atomic E-state index is 13.3. The normalized spacial score (nSPS) is 21.6. The van der Waals surface area contributed by atoms with Crippen molar-refractivity contribution in [2.45, 2.75) is 63.4 Å². The van der Waals surface area contributed by atoms with Crippen LogP contribution in [0.15, 0.2) is 29.2 Å². The van der Waals surface area contributed by atoms with E-state index in [1.807, 2.05) is 16.2 Å². The van der Waals surface area contributed by atoms with Gasteiger partial charge >= 0.3 is 0 Å². The van der Waals surface area contributed by atoms with Gasteiger partial charge in [0.25, 0.3) is 5.91 Å². The molecule has 214 valence electrons. The number of carbonyl (C=O) groups is 1. The number of fused-ring (bicyclic) bond motifs is 3. The molecule has 0 saturated carbocycles. The van der Waals surface area contributed by atoms with E-state index in [-0.39, 0.29) is 23.5 Å². The van der Waals surface area contributed by atoms with E-state index in [1.165, 1.54) is 34.4 Å². The topological polar surface area (TPSA) is 105 Å². The highest BCUT2D eigenvalue weighted by Gasteiger charge is 2.29. The molecule has 11 heteroatoms. The third kappa shape index (κ3) is 5.48. The molecule has 1 amide bonds. The lowest BCUT2D eigenvalue weighted by atomic mass is 9.89. The summed E-state index contributed by atoms with van der Waals surface area (Å²) >= 11 is 1.83. The number of anilines is 1. The second-order valence-corrected chi connectivity index (χ2v) is 14.0. The van der Waals surface area contributed by atoms with Crippen LogP contribution in [0.1, 0.15) is 59.7 Å². The number of nitrogens with one attached hydrogen (secondary N) is 1. The fourth-order valence-corrected chi connectivity index (χ4v) is 8.39. The van der Waals surface area contributed by atoms with Crippen LogP contribution in [-0.2, 0) is 34.0 Å². The average Bonchev–Trinajstić information content (AvgIpc) is 3.63. The zero-order valence-electron chi connectivity index (χ0n) is 23.2. The Morgan fingerprint density at radius 3 is 2.60 bits per heavy atom. The lowest BCUT2D eigenvalue weighted by Crippen LogP contribution is -2.49. The molecule has 3 aliphatic rings. The SMILES string of the molecule is CCc1nc(N2CCN(C(=O)c3ccc(S(=O)(=O)NC[C@H]4CCCO4)cc3)CC2)c2c3c(sc2n1)C[C@@H](C)CC3. The number of thiophene rings is 1. The molecule has 2 fully saturated rings. The molecule has 40 heavy (non-hydrogen) atoms. The van der Waals surface area contributed by atoms with Crippen molar-refractivity contribution >= 4 is 43.3 Å². The van der Waals surface area contributed by atoms with Gasteiger partial charge in [0.1, 0.15) is 16.5 Å². The van der Waals surface area contributed by atoms with E-state index in [0.717, 1.165) is 48.6 Å². The van der Waals surface area contributed by atoms with Crippen molar-refractivity contribution in [1.29, 1.82) is 0 Å². The van der Waals surface area contributed by atoms with E-state index in [1.54, 1.807) is 12.1 Å². The maximum Gasteiger partial charge on any atom is 0.253 e. The van der Waals surface area contributed by atoms with Crippen molar-refractivity contribution in [3.63, 3.8) is 0 Å². The number of rotatable bonds is 7. The Morgan fingerprint density at radius 2 is 1.90 bits per heavy atom. The maximum absolute atomic E-state index is 13.3. The van der Waals surface area contributed by atoms with E-state index < -0.39 is 10.0 Å². The largest absolute Gasteiger partial charge is 0.377 e. The lowest BCUT2D eigenvalue weighted by molar-refractivity contribution is 0.0746. The highest BCUT2D eigenvalue weighted by atomic mass is 32.2. The summed E-state index contributed by atoms with van der Waals surface area (Å²) in [7, 11) is -3.65. The van der Waals surface area contributed by atoms with E-state index in [4.69, 9.17) is 14.7 Å². The van der Waals surface area contributed by atoms with Crippen LogP contribution in [0.25, 0.3) is 10.2 Å². The Hall–Kier alpha value is -2.60. The molecule has 1 aromatic carbocycles. The second-order valence-electron chi connectivity index (χ2n) is 11.1. The molecule has 2 aromatic heterocycles. The molecule has 9 nitrogen and oxygen atoms in total. The van der Waals surface area contributed by atoms with E-state index in [0.29, 0.717) is 44.3 Å². The van der Waals surface area contributed by atoms with Crippen molar-refractivity contribution in [3.8, 4) is 0 Å². The third-order valence-corrected chi connectivity index (χ3v) is 10.9. The molecule has 1 N–H and O–H groups in total. The minimum Gasteiger partial charge on any atom is -0.377 e. The Labute approximate surface area is 240 Å². The van der Waals surface area contributed by atoms with Crippen molar-refractivity contribution in [3.05, 3.63) is 46.1 Å². The summed E-state index contributed by atoms with van der Waals surface area (Å²) in [6.07, 6.45) is 5.92. The molecule has 4 heterocycles. The van der Waals surface area contributed by atoms with Gasteiger partial charge in [0.15, 0.2) is 0 Å². The van der Waals surface area contributed by atoms with E-state index in [9.17, 15) is 13.2 Å². The van der Waals surface area contributed by atoms with Crippen LogP contribution in [-0.4, -0.2) is 74.6 Å². The molecule has 6 rings (SSSR count). The molecule has 0 radical (unpaired) electrons. The summed E-state index contributed by atoms with van der Waals surface area (Å²) < 4.78 is 33.5. The lowest BCUT2D eigenvalue weighted by Gasteiger charge is -2.36. The molecule has 2 atom stereocenters. The summed E-state index contributed by atoms with van der Waals surface area (Å²) in [6, 6.07) is 6.22. The van der Waals surface area contributed by atoms with Gasteiger partial charge in [0.2, 0.25) is 10.0 Å². The predicted molar refractivity (Wildman–Crippen MR) is 157 cm³/mol. The van der Waals surface area contributed by atoms with Gasteiger partial charge in [-0.2, -0.15) is 0 Å². The number of hydrogen-bond acceptors (Lipinski definition) is 8. The van der Waals surface area contributed by atoms with Gasteiger partial charge < -0.3 is 14.5 Å². The molecular weight excluding hydrogens is 546 g/mol. The highest BCUT2D eigenvalue weighted by molar-refractivity contribution is 7.89. The number of nitrogens with zero attached hydrogens (tertiary/aromatic N) is 4. The van der Waals surface area contributed by atoms with Gasteiger partial charge in [0.05, 0.1) is 16.4 Å². The van der Waals surface area contributed by atoms with Crippen LogP contribution in [0.3, 0.4) is 0 Å². The van der Waals surface area contributed by atoms with Crippen LogP contribution in [0.2, 0.25) is 0 Å². The van der Waals surface area contributed by atoms with Crippen molar-refractivity contribution in [2.75, 3.05) is 44.2 Å². The minimum absolute atomic E-state index is 0.0739. The summed E-state index contributed by atoms with van der Waals surface area (Å²) in [5.74, 6) is 2.51. The number of hydrogen-bond donors (Lipinski definition) is 1. The fourth-order valence-electron chi connectivity index (χ4n) is 5.92. The van der Waals surface area contributed by atoms with Crippen LogP contribution in [0.4, 0.5) is 5.82 Å². The minimum atomic E-state index is -3.65. The summed E-state index contributed by atoms with van der Waals surface area (Å²) in [6.45, 7) is 7.91. The fraction of sp³-hybridized carbons (Fsp3) is 0.552. The average molecular weight is 584 g/mol. The van der Waals surface area contributed by atoms with Crippen molar-refractivity contribution in [2.24, 2.45) is 5.92 Å². The summed E-state index contributed by atoms with van der Waals surface area (Å²) in [5.41, 5.74) is 1.92.